The Labute approximate surface area is 121 Å². The minimum Gasteiger partial charge on any atom is -0.306 e. The summed E-state index contributed by atoms with van der Waals surface area (Å²) in [6, 6.07) is 13.4. The maximum absolute atomic E-state index is 11.6. The lowest BCUT2D eigenvalue weighted by Gasteiger charge is -2.02. The Morgan fingerprint density at radius 2 is 2.05 bits per heavy atom. The summed E-state index contributed by atoms with van der Waals surface area (Å²) < 4.78 is 1.28. The molecule has 0 radical (unpaired) electrons. The number of rotatable bonds is 4. The molecule has 21 heavy (non-hydrogen) atoms. The average Bonchev–Trinajstić information content (AvgIpc) is 2.50. The maximum Gasteiger partial charge on any atom is 0.260 e. The lowest BCUT2D eigenvalue weighted by molar-refractivity contribution is -0.121. The lowest BCUT2D eigenvalue weighted by Crippen LogP contribution is -2.28. The maximum atomic E-state index is 11.6. The van der Waals surface area contributed by atoms with E-state index in [1.807, 2.05) is 6.07 Å². The normalized spacial score (nSPS) is 10.2. The van der Waals surface area contributed by atoms with Gasteiger partial charge in [0.2, 0.25) is 0 Å². The molecule has 2 aromatic rings. The molecule has 0 saturated carbocycles. The number of benzene rings is 1. The highest BCUT2D eigenvalue weighted by molar-refractivity contribution is 5.82. The van der Waals surface area contributed by atoms with Crippen molar-refractivity contribution in [2.24, 2.45) is 5.10 Å². The second-order valence-corrected chi connectivity index (χ2v) is 4.19. The number of nitriles is 1. The zero-order valence-corrected chi connectivity index (χ0v) is 11.1. The molecule has 6 nitrogen and oxygen atoms in total. The molecule has 0 spiro atoms. The summed E-state index contributed by atoms with van der Waals surface area (Å²) in [4.78, 5) is 23.1. The predicted octanol–water partition coefficient (Wildman–Crippen LogP) is 0.870. The van der Waals surface area contributed by atoms with Gasteiger partial charge in [0.05, 0.1) is 17.8 Å². The van der Waals surface area contributed by atoms with Crippen molar-refractivity contribution in [1.82, 2.24) is 9.99 Å². The molecule has 1 heterocycles. The van der Waals surface area contributed by atoms with Crippen LogP contribution in [0.2, 0.25) is 0 Å². The van der Waals surface area contributed by atoms with E-state index in [1.165, 1.54) is 23.0 Å². The molecule has 104 valence electrons. The van der Waals surface area contributed by atoms with Gasteiger partial charge in [-0.05, 0) is 23.8 Å². The molecule has 1 aromatic heterocycles. The molecule has 1 N–H and O–H groups in total. The number of nitrogens with one attached hydrogen (secondary N) is 1. The van der Waals surface area contributed by atoms with E-state index >= 15 is 0 Å². The molecule has 1 aromatic carbocycles. The SMILES string of the molecule is N#Cc1ccc(/C=N\NC(=O)Cn2ccccc2=O)cc1. The van der Waals surface area contributed by atoms with Crippen LogP contribution in [-0.2, 0) is 11.3 Å². The highest BCUT2D eigenvalue weighted by Crippen LogP contribution is 2.00. The van der Waals surface area contributed by atoms with Gasteiger partial charge >= 0.3 is 0 Å². The van der Waals surface area contributed by atoms with E-state index in [0.29, 0.717) is 5.56 Å². The van der Waals surface area contributed by atoms with E-state index in [0.717, 1.165) is 5.56 Å². The fourth-order valence-electron chi connectivity index (χ4n) is 1.60. The number of hydrogen-bond donors (Lipinski definition) is 1. The smallest absolute Gasteiger partial charge is 0.260 e. The van der Waals surface area contributed by atoms with Crippen LogP contribution >= 0.6 is 0 Å². The molecular formula is C15H12N4O2. The number of nitrogens with zero attached hydrogens (tertiary/aromatic N) is 3. The summed E-state index contributed by atoms with van der Waals surface area (Å²) in [7, 11) is 0. The molecule has 0 saturated heterocycles. The first-order valence-corrected chi connectivity index (χ1v) is 6.16. The van der Waals surface area contributed by atoms with Gasteiger partial charge in [0.1, 0.15) is 6.54 Å². The Hall–Kier alpha value is -3.20. The van der Waals surface area contributed by atoms with Crippen LogP contribution in [0.1, 0.15) is 11.1 Å². The quantitative estimate of drug-likeness (QED) is 0.666. The van der Waals surface area contributed by atoms with Crippen LogP contribution in [0.3, 0.4) is 0 Å². The predicted molar refractivity (Wildman–Crippen MR) is 77.6 cm³/mol. The van der Waals surface area contributed by atoms with Crippen molar-refractivity contribution in [2.45, 2.75) is 6.54 Å². The molecule has 0 atom stereocenters. The van der Waals surface area contributed by atoms with Gasteiger partial charge < -0.3 is 4.57 Å². The zero-order chi connectivity index (χ0) is 15.1. The minimum absolute atomic E-state index is 0.0929. The molecule has 1 amide bonds. The topological polar surface area (TPSA) is 87.2 Å². The van der Waals surface area contributed by atoms with Crippen molar-refractivity contribution in [3.63, 3.8) is 0 Å². The first kappa shape index (κ1) is 14.2. The van der Waals surface area contributed by atoms with E-state index in [2.05, 4.69) is 10.5 Å². The first-order valence-electron chi connectivity index (χ1n) is 6.16. The van der Waals surface area contributed by atoms with Gasteiger partial charge in [-0.1, -0.05) is 18.2 Å². The number of amides is 1. The van der Waals surface area contributed by atoms with Gasteiger partial charge in [-0.2, -0.15) is 10.4 Å². The number of hydrazone groups is 1. The Balaban J connectivity index is 1.91. The van der Waals surface area contributed by atoms with Crippen molar-refractivity contribution in [3.05, 3.63) is 70.1 Å². The van der Waals surface area contributed by atoms with Crippen LogP contribution in [0.25, 0.3) is 0 Å². The third kappa shape index (κ3) is 4.14. The number of carbonyl (C=O) groups excluding carboxylic acids is 1. The molecule has 0 aliphatic rings. The van der Waals surface area contributed by atoms with E-state index in [4.69, 9.17) is 5.26 Å². The van der Waals surface area contributed by atoms with Crippen LogP contribution in [0.15, 0.2) is 58.6 Å². The van der Waals surface area contributed by atoms with Crippen molar-refractivity contribution in [1.29, 1.82) is 5.26 Å². The van der Waals surface area contributed by atoms with Crippen molar-refractivity contribution in [2.75, 3.05) is 0 Å². The van der Waals surface area contributed by atoms with Gasteiger partial charge in [-0.15, -0.1) is 0 Å². The van der Waals surface area contributed by atoms with Crippen molar-refractivity contribution >= 4 is 12.1 Å². The van der Waals surface area contributed by atoms with Crippen molar-refractivity contribution < 1.29 is 4.79 Å². The molecule has 0 bridgehead atoms. The molecule has 0 aliphatic heterocycles. The van der Waals surface area contributed by atoms with Crippen LogP contribution in [0.4, 0.5) is 0 Å². The van der Waals surface area contributed by atoms with E-state index in [1.54, 1.807) is 36.4 Å². The highest BCUT2D eigenvalue weighted by Gasteiger charge is 2.01. The summed E-state index contributed by atoms with van der Waals surface area (Å²) >= 11 is 0. The third-order valence-electron chi connectivity index (χ3n) is 2.66. The summed E-state index contributed by atoms with van der Waals surface area (Å²) in [5.41, 5.74) is 3.41. The summed E-state index contributed by atoms with van der Waals surface area (Å²) in [6.45, 7) is -0.0929. The zero-order valence-electron chi connectivity index (χ0n) is 11.1. The Kier molecular flexibility index (Phi) is 4.62. The van der Waals surface area contributed by atoms with Crippen LogP contribution in [0, 0.1) is 11.3 Å². The monoisotopic (exact) mass is 280 g/mol. The van der Waals surface area contributed by atoms with Crippen molar-refractivity contribution in [3.8, 4) is 6.07 Å². The molecule has 0 unspecified atom stereocenters. The Morgan fingerprint density at radius 1 is 1.29 bits per heavy atom. The minimum atomic E-state index is -0.395. The number of aromatic nitrogens is 1. The molecule has 0 fully saturated rings. The first-order chi connectivity index (χ1) is 10.2. The molecular weight excluding hydrogens is 268 g/mol. The van der Waals surface area contributed by atoms with Crippen LogP contribution in [0.5, 0.6) is 0 Å². The third-order valence-corrected chi connectivity index (χ3v) is 2.66. The number of hydrogen-bond acceptors (Lipinski definition) is 4. The van der Waals surface area contributed by atoms with E-state index in [9.17, 15) is 9.59 Å². The molecule has 6 heteroatoms. The Morgan fingerprint density at radius 3 is 2.71 bits per heavy atom. The molecule has 0 aliphatic carbocycles. The van der Waals surface area contributed by atoms with Gasteiger partial charge in [-0.25, -0.2) is 5.43 Å². The van der Waals surface area contributed by atoms with Gasteiger partial charge in [0.15, 0.2) is 0 Å². The standard InChI is InChI=1S/C15H12N4O2/c16-9-12-4-6-13(7-5-12)10-17-18-14(20)11-19-8-2-1-3-15(19)21/h1-8,10H,11H2,(H,18,20)/b17-10-. The van der Waals surface area contributed by atoms with Crippen LogP contribution in [-0.4, -0.2) is 16.7 Å². The van der Waals surface area contributed by atoms with Gasteiger partial charge in [-0.3, -0.25) is 9.59 Å². The summed E-state index contributed by atoms with van der Waals surface area (Å²) in [6.07, 6.45) is 3.00. The average molecular weight is 280 g/mol. The summed E-state index contributed by atoms with van der Waals surface area (Å²) in [5.74, 6) is -0.395. The van der Waals surface area contributed by atoms with Gasteiger partial charge in [0.25, 0.3) is 11.5 Å². The van der Waals surface area contributed by atoms with E-state index < -0.39 is 5.91 Å². The van der Waals surface area contributed by atoms with Gasteiger partial charge in [0, 0.05) is 12.3 Å². The molecule has 2 rings (SSSR count). The summed E-state index contributed by atoms with van der Waals surface area (Å²) in [5, 5.41) is 12.5. The second-order valence-electron chi connectivity index (χ2n) is 4.19. The second kappa shape index (κ2) is 6.82. The number of carbonyl (C=O) groups is 1. The lowest BCUT2D eigenvalue weighted by atomic mass is 10.2. The fourth-order valence-corrected chi connectivity index (χ4v) is 1.60. The largest absolute Gasteiger partial charge is 0.306 e. The fraction of sp³-hybridized carbons (Fsp3) is 0.0667. The highest BCUT2D eigenvalue weighted by atomic mass is 16.2. The number of pyridine rings is 1. The van der Waals surface area contributed by atoms with Crippen LogP contribution < -0.4 is 11.0 Å². The van der Waals surface area contributed by atoms with E-state index in [-0.39, 0.29) is 12.1 Å². The Bertz CT molecular complexity index is 754.